The summed E-state index contributed by atoms with van der Waals surface area (Å²) >= 11 is 0. The summed E-state index contributed by atoms with van der Waals surface area (Å²) in [6.45, 7) is 2.43. The van der Waals surface area contributed by atoms with Gasteiger partial charge in [0.15, 0.2) is 0 Å². The Labute approximate surface area is 131 Å². The molecule has 0 bridgehead atoms. The van der Waals surface area contributed by atoms with Gasteiger partial charge >= 0.3 is 5.97 Å². The van der Waals surface area contributed by atoms with Crippen LogP contribution in [0.4, 0.5) is 0 Å². The van der Waals surface area contributed by atoms with Crippen LogP contribution in [-0.4, -0.2) is 55.5 Å². The molecule has 0 saturated carbocycles. The predicted molar refractivity (Wildman–Crippen MR) is 84.1 cm³/mol. The zero-order valence-corrected chi connectivity index (χ0v) is 13.3. The number of carbonyl (C=O) groups excluding carboxylic acids is 2. The first-order valence-electron chi connectivity index (χ1n) is 7.68. The van der Waals surface area contributed by atoms with Gasteiger partial charge in [0, 0.05) is 19.6 Å². The monoisotopic (exact) mass is 304 g/mol. The Morgan fingerprint density at radius 2 is 1.86 bits per heavy atom. The van der Waals surface area contributed by atoms with Crippen molar-refractivity contribution in [2.75, 3.05) is 33.8 Å². The van der Waals surface area contributed by atoms with Crippen LogP contribution in [0, 0.1) is 5.92 Å². The normalized spacial score (nSPS) is 15.9. The molecule has 1 saturated heterocycles. The van der Waals surface area contributed by atoms with Gasteiger partial charge in [0.25, 0.3) is 0 Å². The summed E-state index contributed by atoms with van der Waals surface area (Å²) in [6.07, 6.45) is 1.39. The fourth-order valence-corrected chi connectivity index (χ4v) is 2.81. The number of ether oxygens (including phenoxy) is 1. The number of likely N-dealkylation sites (N-methyl/N-ethyl adjacent to an activating group) is 1. The van der Waals surface area contributed by atoms with Crippen LogP contribution in [0.15, 0.2) is 30.3 Å². The second-order valence-electron chi connectivity index (χ2n) is 5.84. The van der Waals surface area contributed by atoms with Crippen molar-refractivity contribution < 1.29 is 14.3 Å². The zero-order chi connectivity index (χ0) is 15.9. The molecule has 2 rings (SSSR count). The second kappa shape index (κ2) is 7.94. The van der Waals surface area contributed by atoms with E-state index in [1.807, 2.05) is 35.0 Å². The molecule has 1 aromatic carbocycles. The number of amides is 1. The van der Waals surface area contributed by atoms with Gasteiger partial charge in [-0.05, 0) is 25.5 Å². The Kier molecular flexibility index (Phi) is 5.95. The molecule has 1 aliphatic rings. The first kappa shape index (κ1) is 16.5. The first-order chi connectivity index (χ1) is 10.6. The van der Waals surface area contributed by atoms with Crippen LogP contribution in [0.3, 0.4) is 0 Å². The van der Waals surface area contributed by atoms with Crippen LogP contribution in [0.1, 0.15) is 18.4 Å². The smallest absolute Gasteiger partial charge is 0.308 e. The number of methoxy groups -OCH3 is 1. The maximum absolute atomic E-state index is 12.3. The van der Waals surface area contributed by atoms with E-state index >= 15 is 0 Å². The van der Waals surface area contributed by atoms with Gasteiger partial charge in [-0.25, -0.2) is 0 Å². The number of hydrogen-bond acceptors (Lipinski definition) is 4. The van der Waals surface area contributed by atoms with Crippen LogP contribution in [0.5, 0.6) is 0 Å². The van der Waals surface area contributed by atoms with Crippen molar-refractivity contribution in [3.05, 3.63) is 35.9 Å². The molecule has 0 aliphatic carbocycles. The number of piperidine rings is 1. The largest absolute Gasteiger partial charge is 0.469 e. The fraction of sp³-hybridized carbons (Fsp3) is 0.529. The van der Waals surface area contributed by atoms with Crippen molar-refractivity contribution in [3.8, 4) is 0 Å². The standard InChI is InChI=1S/C17H24N2O3/c1-18(12-14-6-4-3-5-7-14)13-16(20)19-10-8-15(9-11-19)17(21)22-2/h3-7,15H,8-13H2,1-2H3. The number of hydrogen-bond donors (Lipinski definition) is 0. The van der Waals surface area contributed by atoms with Crippen molar-refractivity contribution in [2.45, 2.75) is 19.4 Å². The summed E-state index contributed by atoms with van der Waals surface area (Å²) in [5.41, 5.74) is 1.20. The maximum atomic E-state index is 12.3. The Morgan fingerprint density at radius 1 is 1.23 bits per heavy atom. The third kappa shape index (κ3) is 4.56. The summed E-state index contributed by atoms with van der Waals surface area (Å²) in [6, 6.07) is 10.1. The highest BCUT2D eigenvalue weighted by molar-refractivity contribution is 5.79. The summed E-state index contributed by atoms with van der Waals surface area (Å²) in [5, 5.41) is 0. The third-order valence-electron chi connectivity index (χ3n) is 4.08. The van der Waals surface area contributed by atoms with E-state index < -0.39 is 0 Å². The number of nitrogens with zero attached hydrogens (tertiary/aromatic N) is 2. The quantitative estimate of drug-likeness (QED) is 0.774. The van der Waals surface area contributed by atoms with Crippen molar-refractivity contribution in [3.63, 3.8) is 0 Å². The van der Waals surface area contributed by atoms with Gasteiger partial charge in [-0.1, -0.05) is 30.3 Å². The van der Waals surface area contributed by atoms with Gasteiger partial charge in [-0.2, -0.15) is 0 Å². The lowest BCUT2D eigenvalue weighted by molar-refractivity contribution is -0.149. The highest BCUT2D eigenvalue weighted by atomic mass is 16.5. The molecule has 0 N–H and O–H groups in total. The minimum Gasteiger partial charge on any atom is -0.469 e. The van der Waals surface area contributed by atoms with Crippen LogP contribution >= 0.6 is 0 Å². The van der Waals surface area contributed by atoms with Gasteiger partial charge in [0.05, 0.1) is 19.6 Å². The molecule has 22 heavy (non-hydrogen) atoms. The molecule has 0 spiro atoms. The topological polar surface area (TPSA) is 49.9 Å². The minimum absolute atomic E-state index is 0.0592. The number of rotatable bonds is 5. The van der Waals surface area contributed by atoms with Crippen LogP contribution in [0.2, 0.25) is 0 Å². The van der Waals surface area contributed by atoms with Gasteiger partial charge in [-0.15, -0.1) is 0 Å². The van der Waals surface area contributed by atoms with E-state index in [1.165, 1.54) is 12.7 Å². The van der Waals surface area contributed by atoms with Gasteiger partial charge in [0.1, 0.15) is 0 Å². The van der Waals surface area contributed by atoms with E-state index in [4.69, 9.17) is 4.74 Å². The number of benzene rings is 1. The van der Waals surface area contributed by atoms with E-state index in [0.717, 1.165) is 6.54 Å². The SMILES string of the molecule is COC(=O)C1CCN(C(=O)CN(C)Cc2ccccc2)CC1. The summed E-state index contributed by atoms with van der Waals surface area (Å²) < 4.78 is 4.77. The molecular formula is C17H24N2O3. The van der Waals surface area contributed by atoms with Crippen molar-refractivity contribution >= 4 is 11.9 Å². The molecule has 0 aromatic heterocycles. The van der Waals surface area contributed by atoms with E-state index in [2.05, 4.69) is 12.1 Å². The Bertz CT molecular complexity index is 496. The summed E-state index contributed by atoms with van der Waals surface area (Å²) in [7, 11) is 3.37. The van der Waals surface area contributed by atoms with Crippen molar-refractivity contribution in [2.24, 2.45) is 5.92 Å². The highest BCUT2D eigenvalue weighted by Crippen LogP contribution is 2.18. The lowest BCUT2D eigenvalue weighted by Crippen LogP contribution is -2.44. The minimum atomic E-state index is -0.159. The van der Waals surface area contributed by atoms with E-state index in [0.29, 0.717) is 32.5 Å². The lowest BCUT2D eigenvalue weighted by atomic mass is 9.97. The molecule has 1 amide bonds. The maximum Gasteiger partial charge on any atom is 0.308 e. The first-order valence-corrected chi connectivity index (χ1v) is 7.68. The van der Waals surface area contributed by atoms with Gasteiger partial charge in [0.2, 0.25) is 5.91 Å². The zero-order valence-electron chi connectivity index (χ0n) is 13.3. The van der Waals surface area contributed by atoms with Crippen LogP contribution in [-0.2, 0) is 20.9 Å². The molecule has 1 heterocycles. The number of carbonyl (C=O) groups is 2. The Hall–Kier alpha value is -1.88. The fourth-order valence-electron chi connectivity index (χ4n) is 2.81. The highest BCUT2D eigenvalue weighted by Gasteiger charge is 2.28. The molecule has 5 nitrogen and oxygen atoms in total. The van der Waals surface area contributed by atoms with Crippen molar-refractivity contribution in [1.82, 2.24) is 9.80 Å². The molecule has 1 fully saturated rings. The molecule has 0 atom stereocenters. The molecular weight excluding hydrogens is 280 g/mol. The van der Waals surface area contributed by atoms with Gasteiger partial charge in [-0.3, -0.25) is 14.5 Å². The average molecular weight is 304 g/mol. The summed E-state index contributed by atoms with van der Waals surface area (Å²) in [5.74, 6) is -0.0915. The van der Waals surface area contributed by atoms with E-state index in [1.54, 1.807) is 0 Å². The molecule has 0 radical (unpaired) electrons. The molecule has 0 unspecified atom stereocenters. The second-order valence-corrected chi connectivity index (χ2v) is 5.84. The molecule has 1 aromatic rings. The van der Waals surface area contributed by atoms with Crippen LogP contribution in [0.25, 0.3) is 0 Å². The summed E-state index contributed by atoms with van der Waals surface area (Å²) in [4.78, 5) is 27.7. The predicted octanol–water partition coefficient (Wildman–Crippen LogP) is 1.53. The van der Waals surface area contributed by atoms with Crippen molar-refractivity contribution in [1.29, 1.82) is 0 Å². The lowest BCUT2D eigenvalue weighted by Gasteiger charge is -2.32. The van der Waals surface area contributed by atoms with Crippen LogP contribution < -0.4 is 0 Å². The average Bonchev–Trinajstić information content (AvgIpc) is 2.55. The third-order valence-corrected chi connectivity index (χ3v) is 4.08. The Morgan fingerprint density at radius 3 is 2.45 bits per heavy atom. The number of esters is 1. The molecule has 120 valence electrons. The van der Waals surface area contributed by atoms with Gasteiger partial charge < -0.3 is 9.64 Å². The molecule has 1 aliphatic heterocycles. The Balaban J connectivity index is 1.77. The van der Waals surface area contributed by atoms with E-state index in [9.17, 15) is 9.59 Å². The molecule has 5 heteroatoms. The number of likely N-dealkylation sites (tertiary alicyclic amines) is 1. The van der Waals surface area contributed by atoms with E-state index in [-0.39, 0.29) is 17.8 Å².